The maximum atomic E-state index is 13.3. The van der Waals surface area contributed by atoms with E-state index in [1.807, 2.05) is 48.5 Å². The molecule has 1 amide bonds. The molecule has 3 N–H and O–H groups in total. The second-order valence-electron chi connectivity index (χ2n) is 7.43. The van der Waals surface area contributed by atoms with Gasteiger partial charge in [0.05, 0.1) is 5.52 Å². The minimum atomic E-state index is -0.134. The first kappa shape index (κ1) is 18.1. The Hall–Kier alpha value is -3.93. The van der Waals surface area contributed by atoms with Crippen molar-refractivity contribution in [3.63, 3.8) is 0 Å². The molecule has 148 valence electrons. The molecule has 3 aromatic carbocycles. The third-order valence-corrected chi connectivity index (χ3v) is 5.38. The molecule has 2 heterocycles. The van der Waals surface area contributed by atoms with E-state index < -0.39 is 0 Å². The Balaban J connectivity index is 1.46. The molecule has 0 fully saturated rings. The van der Waals surface area contributed by atoms with Crippen LogP contribution in [0.15, 0.2) is 72.8 Å². The molecule has 5 rings (SSSR count). The number of nitrogens with zero attached hydrogens (tertiary/aromatic N) is 3. The van der Waals surface area contributed by atoms with Crippen molar-refractivity contribution in [1.29, 1.82) is 0 Å². The molecule has 0 saturated carbocycles. The molecule has 30 heavy (non-hydrogen) atoms. The lowest BCUT2D eigenvalue weighted by atomic mass is 10.1. The maximum absolute atomic E-state index is 13.3. The summed E-state index contributed by atoms with van der Waals surface area (Å²) in [7, 11) is 0. The highest BCUT2D eigenvalue weighted by molar-refractivity contribution is 6.05. The SMILES string of the molecule is Nc1nc(C(=O)N2Cc3ccccc3C2)c2cc(NCc3ccccc3)ccc2n1. The number of amides is 1. The number of rotatable bonds is 4. The van der Waals surface area contributed by atoms with Crippen LogP contribution in [-0.4, -0.2) is 20.8 Å². The van der Waals surface area contributed by atoms with E-state index in [0.717, 1.165) is 5.69 Å². The Kier molecular flexibility index (Phi) is 4.52. The highest BCUT2D eigenvalue weighted by Crippen LogP contribution is 2.27. The molecule has 1 aromatic heterocycles. The van der Waals surface area contributed by atoms with Gasteiger partial charge in [0.1, 0.15) is 5.69 Å². The minimum Gasteiger partial charge on any atom is -0.381 e. The first-order chi connectivity index (χ1) is 14.7. The number of carbonyl (C=O) groups is 1. The van der Waals surface area contributed by atoms with Crippen molar-refractivity contribution in [3.8, 4) is 0 Å². The Morgan fingerprint density at radius 1 is 0.933 bits per heavy atom. The van der Waals surface area contributed by atoms with Crippen LogP contribution in [0.25, 0.3) is 10.9 Å². The van der Waals surface area contributed by atoms with Crippen LogP contribution in [0.4, 0.5) is 11.6 Å². The van der Waals surface area contributed by atoms with E-state index in [4.69, 9.17) is 5.73 Å². The summed E-state index contributed by atoms with van der Waals surface area (Å²) in [6.07, 6.45) is 0. The summed E-state index contributed by atoms with van der Waals surface area (Å²) >= 11 is 0. The average Bonchev–Trinajstić information content (AvgIpc) is 3.22. The first-order valence-corrected chi connectivity index (χ1v) is 9.88. The van der Waals surface area contributed by atoms with Crippen molar-refractivity contribution in [2.45, 2.75) is 19.6 Å². The Labute approximate surface area is 174 Å². The van der Waals surface area contributed by atoms with Gasteiger partial charge in [-0.25, -0.2) is 9.97 Å². The van der Waals surface area contributed by atoms with Crippen LogP contribution in [0.5, 0.6) is 0 Å². The van der Waals surface area contributed by atoms with Crippen LogP contribution in [0.2, 0.25) is 0 Å². The highest BCUT2D eigenvalue weighted by atomic mass is 16.2. The van der Waals surface area contributed by atoms with Crippen molar-refractivity contribution in [1.82, 2.24) is 14.9 Å². The Bertz CT molecular complexity index is 1210. The first-order valence-electron chi connectivity index (χ1n) is 9.88. The van der Waals surface area contributed by atoms with Gasteiger partial charge in [0, 0.05) is 30.7 Å². The Morgan fingerprint density at radius 2 is 1.63 bits per heavy atom. The number of benzene rings is 3. The molecule has 0 atom stereocenters. The van der Waals surface area contributed by atoms with Gasteiger partial charge in [-0.1, -0.05) is 54.6 Å². The van der Waals surface area contributed by atoms with Crippen LogP contribution >= 0.6 is 0 Å². The number of anilines is 2. The molecule has 4 aromatic rings. The van der Waals surface area contributed by atoms with E-state index in [1.165, 1.54) is 16.7 Å². The van der Waals surface area contributed by atoms with Crippen molar-refractivity contribution >= 4 is 28.4 Å². The van der Waals surface area contributed by atoms with Gasteiger partial charge in [-0.2, -0.15) is 0 Å². The summed E-state index contributed by atoms with van der Waals surface area (Å²) in [6, 6.07) is 24.0. The lowest BCUT2D eigenvalue weighted by Gasteiger charge is -2.17. The topological polar surface area (TPSA) is 84.1 Å². The van der Waals surface area contributed by atoms with Crippen LogP contribution in [0, 0.1) is 0 Å². The predicted octanol–water partition coefficient (Wildman–Crippen LogP) is 3.98. The summed E-state index contributed by atoms with van der Waals surface area (Å²) in [6.45, 7) is 1.84. The van der Waals surface area contributed by atoms with Crippen LogP contribution in [-0.2, 0) is 19.6 Å². The van der Waals surface area contributed by atoms with Gasteiger partial charge in [-0.3, -0.25) is 4.79 Å². The number of hydrogen-bond acceptors (Lipinski definition) is 5. The van der Waals surface area contributed by atoms with Gasteiger partial charge in [0.2, 0.25) is 5.95 Å². The summed E-state index contributed by atoms with van der Waals surface area (Å²) in [5.41, 5.74) is 11.3. The molecule has 0 bridgehead atoms. The lowest BCUT2D eigenvalue weighted by molar-refractivity contribution is 0.0747. The van der Waals surface area contributed by atoms with Gasteiger partial charge < -0.3 is 16.0 Å². The zero-order valence-corrected chi connectivity index (χ0v) is 16.4. The number of fused-ring (bicyclic) bond motifs is 2. The summed E-state index contributed by atoms with van der Waals surface area (Å²) in [4.78, 5) is 23.8. The number of nitrogen functional groups attached to an aromatic ring is 1. The van der Waals surface area contributed by atoms with Gasteiger partial charge in [-0.05, 0) is 34.9 Å². The molecule has 0 radical (unpaired) electrons. The fourth-order valence-electron chi connectivity index (χ4n) is 3.85. The molecular formula is C24H21N5O. The van der Waals surface area contributed by atoms with E-state index in [2.05, 4.69) is 39.6 Å². The fraction of sp³-hybridized carbons (Fsp3) is 0.125. The summed E-state index contributed by atoms with van der Waals surface area (Å²) < 4.78 is 0. The van der Waals surface area contributed by atoms with E-state index in [0.29, 0.717) is 36.2 Å². The van der Waals surface area contributed by atoms with Crippen molar-refractivity contribution in [3.05, 3.63) is 95.2 Å². The average molecular weight is 395 g/mol. The third-order valence-electron chi connectivity index (χ3n) is 5.38. The molecular weight excluding hydrogens is 374 g/mol. The molecule has 6 nitrogen and oxygen atoms in total. The molecule has 1 aliphatic heterocycles. The maximum Gasteiger partial charge on any atom is 0.273 e. The quantitative estimate of drug-likeness (QED) is 0.546. The van der Waals surface area contributed by atoms with E-state index in [1.54, 1.807) is 4.90 Å². The molecule has 1 aliphatic rings. The highest BCUT2D eigenvalue weighted by Gasteiger charge is 2.26. The Morgan fingerprint density at radius 3 is 2.37 bits per heavy atom. The second-order valence-corrected chi connectivity index (χ2v) is 7.43. The van der Waals surface area contributed by atoms with E-state index in [-0.39, 0.29) is 11.9 Å². The van der Waals surface area contributed by atoms with Gasteiger partial charge in [0.15, 0.2) is 0 Å². The molecule has 6 heteroatoms. The van der Waals surface area contributed by atoms with E-state index in [9.17, 15) is 4.79 Å². The standard InChI is InChI=1S/C24H21N5O/c25-24-27-21-11-10-19(26-13-16-6-2-1-3-7-16)12-20(21)22(28-24)23(30)29-14-17-8-4-5-9-18(17)15-29/h1-12,26H,13-15H2,(H2,25,27,28). The number of nitrogens with one attached hydrogen (secondary N) is 1. The number of nitrogens with two attached hydrogens (primary N) is 1. The number of hydrogen-bond donors (Lipinski definition) is 2. The van der Waals surface area contributed by atoms with Crippen molar-refractivity contribution in [2.75, 3.05) is 11.1 Å². The molecule has 0 aliphatic carbocycles. The summed E-state index contributed by atoms with van der Waals surface area (Å²) in [5.74, 6) is -0.0296. The largest absolute Gasteiger partial charge is 0.381 e. The number of aromatic nitrogens is 2. The zero-order valence-electron chi connectivity index (χ0n) is 16.4. The van der Waals surface area contributed by atoms with Crippen molar-refractivity contribution in [2.24, 2.45) is 0 Å². The summed E-state index contributed by atoms with van der Waals surface area (Å²) in [5, 5.41) is 4.10. The van der Waals surface area contributed by atoms with Crippen LogP contribution in [0.1, 0.15) is 27.2 Å². The molecule has 0 unspecified atom stereocenters. The lowest BCUT2D eigenvalue weighted by Crippen LogP contribution is -2.27. The fourth-order valence-corrected chi connectivity index (χ4v) is 3.85. The second kappa shape index (κ2) is 7.48. The normalized spacial score (nSPS) is 12.7. The molecule has 0 saturated heterocycles. The smallest absolute Gasteiger partial charge is 0.273 e. The van der Waals surface area contributed by atoms with Gasteiger partial charge in [-0.15, -0.1) is 0 Å². The van der Waals surface area contributed by atoms with E-state index >= 15 is 0 Å². The monoisotopic (exact) mass is 395 g/mol. The van der Waals surface area contributed by atoms with Gasteiger partial charge >= 0.3 is 0 Å². The number of carbonyl (C=O) groups excluding carboxylic acids is 1. The van der Waals surface area contributed by atoms with Crippen LogP contribution < -0.4 is 11.1 Å². The molecule has 0 spiro atoms. The minimum absolute atomic E-state index is 0.104. The third kappa shape index (κ3) is 3.43. The van der Waals surface area contributed by atoms with Crippen molar-refractivity contribution < 1.29 is 4.79 Å². The van der Waals surface area contributed by atoms with Gasteiger partial charge in [0.25, 0.3) is 5.91 Å². The predicted molar refractivity (Wildman–Crippen MR) is 118 cm³/mol. The zero-order chi connectivity index (χ0) is 20.5. The van der Waals surface area contributed by atoms with Crippen LogP contribution in [0.3, 0.4) is 0 Å².